The lowest BCUT2D eigenvalue weighted by Gasteiger charge is -2.25. The van der Waals surface area contributed by atoms with Gasteiger partial charge >= 0.3 is 0 Å². The van der Waals surface area contributed by atoms with E-state index in [0.717, 1.165) is 9.87 Å². The van der Waals surface area contributed by atoms with Gasteiger partial charge in [-0.15, -0.1) is 0 Å². The second kappa shape index (κ2) is 10.1. The molecule has 9 nitrogen and oxygen atoms in total. The molecule has 1 atom stereocenters. The number of ether oxygens (including phenoxy) is 1. The van der Waals surface area contributed by atoms with Crippen LogP contribution >= 0.6 is 0 Å². The molecule has 0 saturated carbocycles. The van der Waals surface area contributed by atoms with Gasteiger partial charge in [-0.2, -0.15) is 0 Å². The lowest BCUT2D eigenvalue weighted by Crippen LogP contribution is -2.41. The maximum absolute atomic E-state index is 13.3. The van der Waals surface area contributed by atoms with E-state index in [1.54, 1.807) is 43.3 Å². The second-order valence-corrected chi connectivity index (χ2v) is 8.99. The van der Waals surface area contributed by atoms with Crippen molar-refractivity contribution in [2.75, 3.05) is 18.0 Å². The molecule has 0 fully saturated rings. The number of nitro groups is 1. The smallest absolute Gasteiger partial charge is 0.269 e. The van der Waals surface area contributed by atoms with Crippen molar-refractivity contribution in [3.05, 3.63) is 94.5 Å². The Labute approximate surface area is 191 Å². The zero-order valence-corrected chi connectivity index (χ0v) is 18.9. The average Bonchev–Trinajstić information content (AvgIpc) is 2.83. The summed E-state index contributed by atoms with van der Waals surface area (Å²) in [5.41, 5.74) is 0.677. The number of anilines is 1. The number of non-ortho nitro benzene ring substituents is 1. The minimum atomic E-state index is -4.12. The van der Waals surface area contributed by atoms with Crippen molar-refractivity contribution in [3.63, 3.8) is 0 Å². The highest BCUT2D eigenvalue weighted by atomic mass is 32.2. The van der Waals surface area contributed by atoms with Gasteiger partial charge in [-0.25, -0.2) is 8.42 Å². The fourth-order valence-electron chi connectivity index (χ4n) is 3.29. The van der Waals surface area contributed by atoms with Crippen LogP contribution in [0.1, 0.15) is 18.5 Å². The first-order valence-corrected chi connectivity index (χ1v) is 11.4. The summed E-state index contributed by atoms with van der Waals surface area (Å²) >= 11 is 0. The van der Waals surface area contributed by atoms with Crippen LogP contribution in [0.3, 0.4) is 0 Å². The minimum Gasteiger partial charge on any atom is -0.496 e. The number of nitrogens with one attached hydrogen (secondary N) is 1. The number of nitrogens with zero attached hydrogens (tertiary/aromatic N) is 2. The van der Waals surface area contributed by atoms with E-state index >= 15 is 0 Å². The lowest BCUT2D eigenvalue weighted by atomic mass is 10.1. The summed E-state index contributed by atoms with van der Waals surface area (Å²) in [6.45, 7) is 1.24. The Bertz CT molecular complexity index is 1230. The van der Waals surface area contributed by atoms with Crippen molar-refractivity contribution >= 4 is 27.3 Å². The third-order valence-corrected chi connectivity index (χ3v) is 6.74. The first-order chi connectivity index (χ1) is 15.7. The van der Waals surface area contributed by atoms with Gasteiger partial charge in [-0.1, -0.05) is 36.4 Å². The quantitative estimate of drug-likeness (QED) is 0.377. The van der Waals surface area contributed by atoms with Crippen LogP contribution in [0.15, 0.2) is 83.8 Å². The lowest BCUT2D eigenvalue weighted by molar-refractivity contribution is -0.384. The fourth-order valence-corrected chi connectivity index (χ4v) is 4.74. The van der Waals surface area contributed by atoms with Crippen LogP contribution in [0, 0.1) is 10.1 Å². The molecule has 3 aromatic carbocycles. The number of rotatable bonds is 9. The number of carbonyl (C=O) groups excluding carboxylic acids is 1. The molecule has 0 aliphatic carbocycles. The van der Waals surface area contributed by atoms with E-state index in [0.29, 0.717) is 5.75 Å². The summed E-state index contributed by atoms with van der Waals surface area (Å²) in [5.74, 6) is 0.0423. The maximum atomic E-state index is 13.3. The summed E-state index contributed by atoms with van der Waals surface area (Å²) in [4.78, 5) is 23.3. The van der Waals surface area contributed by atoms with Crippen molar-refractivity contribution in [2.24, 2.45) is 0 Å². The standard InChI is InChI=1S/C23H23N3O6S/c1-17(21-10-6-7-11-22(21)32-2)24-23(27)16-25(18-12-14-19(15-13-18)26(28)29)33(30,31)20-8-4-3-5-9-20/h3-15,17H,16H2,1-2H3,(H,24,27). The molecule has 0 bridgehead atoms. The number of methoxy groups -OCH3 is 1. The van der Waals surface area contributed by atoms with Gasteiger partial charge in [0.1, 0.15) is 12.3 Å². The largest absolute Gasteiger partial charge is 0.496 e. The number of sulfonamides is 1. The second-order valence-electron chi connectivity index (χ2n) is 7.13. The number of para-hydroxylation sites is 1. The molecule has 172 valence electrons. The molecule has 3 aromatic rings. The van der Waals surface area contributed by atoms with Gasteiger partial charge in [0, 0.05) is 17.7 Å². The van der Waals surface area contributed by atoms with Crippen molar-refractivity contribution in [1.29, 1.82) is 0 Å². The van der Waals surface area contributed by atoms with E-state index in [1.807, 2.05) is 6.07 Å². The summed E-state index contributed by atoms with van der Waals surface area (Å²) in [6.07, 6.45) is 0. The Balaban J connectivity index is 1.91. The SMILES string of the molecule is COc1ccccc1C(C)NC(=O)CN(c1ccc([N+](=O)[O-])cc1)S(=O)(=O)c1ccccc1. The molecule has 3 rings (SSSR count). The van der Waals surface area contributed by atoms with E-state index in [4.69, 9.17) is 4.74 Å². The monoisotopic (exact) mass is 469 g/mol. The molecule has 0 spiro atoms. The van der Waals surface area contributed by atoms with Gasteiger partial charge in [0.25, 0.3) is 15.7 Å². The Morgan fingerprint density at radius 1 is 1.03 bits per heavy atom. The highest BCUT2D eigenvalue weighted by molar-refractivity contribution is 7.92. The van der Waals surface area contributed by atoms with Gasteiger partial charge in [-0.3, -0.25) is 19.2 Å². The van der Waals surface area contributed by atoms with Gasteiger partial charge in [0.05, 0.1) is 28.7 Å². The Kier molecular flexibility index (Phi) is 7.29. The highest BCUT2D eigenvalue weighted by Gasteiger charge is 2.28. The van der Waals surface area contributed by atoms with Gasteiger partial charge < -0.3 is 10.1 Å². The van der Waals surface area contributed by atoms with E-state index in [2.05, 4.69) is 5.32 Å². The molecule has 0 radical (unpaired) electrons. The minimum absolute atomic E-state index is 0.00562. The molecule has 0 aromatic heterocycles. The van der Waals surface area contributed by atoms with E-state index in [9.17, 15) is 23.3 Å². The van der Waals surface area contributed by atoms with Crippen molar-refractivity contribution in [3.8, 4) is 5.75 Å². The van der Waals surface area contributed by atoms with Crippen LogP contribution < -0.4 is 14.4 Å². The van der Waals surface area contributed by atoms with Gasteiger partial charge in [0.2, 0.25) is 5.91 Å². The zero-order chi connectivity index (χ0) is 24.0. The van der Waals surface area contributed by atoms with Crippen molar-refractivity contribution in [1.82, 2.24) is 5.32 Å². The van der Waals surface area contributed by atoms with Crippen LogP contribution in [0.2, 0.25) is 0 Å². The Morgan fingerprint density at radius 3 is 2.24 bits per heavy atom. The fraction of sp³-hybridized carbons (Fsp3) is 0.174. The van der Waals surface area contributed by atoms with Crippen LogP contribution in [0.5, 0.6) is 5.75 Å². The molecule has 10 heteroatoms. The van der Waals surface area contributed by atoms with Gasteiger partial charge in [-0.05, 0) is 37.3 Å². The molecule has 0 heterocycles. The van der Waals surface area contributed by atoms with Crippen LogP contribution in [0.4, 0.5) is 11.4 Å². The van der Waals surface area contributed by atoms with Crippen LogP contribution in [-0.2, 0) is 14.8 Å². The number of amides is 1. The molecule has 0 saturated heterocycles. The molecule has 1 unspecified atom stereocenters. The van der Waals surface area contributed by atoms with E-state index < -0.39 is 33.4 Å². The molecule has 1 N–H and O–H groups in total. The third kappa shape index (κ3) is 5.47. The molecular weight excluding hydrogens is 446 g/mol. The molecular formula is C23H23N3O6S. The topological polar surface area (TPSA) is 119 Å². The van der Waals surface area contributed by atoms with Crippen LogP contribution in [-0.4, -0.2) is 32.9 Å². The Hall–Kier alpha value is -3.92. The first kappa shape index (κ1) is 23.7. The summed E-state index contributed by atoms with van der Waals surface area (Å²) in [7, 11) is -2.59. The van der Waals surface area contributed by atoms with Crippen molar-refractivity contribution in [2.45, 2.75) is 17.9 Å². The van der Waals surface area contributed by atoms with Gasteiger partial charge in [0.15, 0.2) is 0 Å². The highest BCUT2D eigenvalue weighted by Crippen LogP contribution is 2.27. The zero-order valence-electron chi connectivity index (χ0n) is 18.0. The van der Waals surface area contributed by atoms with E-state index in [-0.39, 0.29) is 16.3 Å². The molecule has 0 aliphatic rings. The number of hydrogen-bond donors (Lipinski definition) is 1. The first-order valence-electron chi connectivity index (χ1n) is 9.98. The van der Waals surface area contributed by atoms with Crippen molar-refractivity contribution < 1.29 is 22.9 Å². The van der Waals surface area contributed by atoms with Crippen LogP contribution in [0.25, 0.3) is 0 Å². The average molecular weight is 470 g/mol. The number of benzene rings is 3. The number of hydrogen-bond acceptors (Lipinski definition) is 6. The molecule has 0 aliphatic heterocycles. The molecule has 1 amide bonds. The predicted molar refractivity (Wildman–Crippen MR) is 124 cm³/mol. The Morgan fingerprint density at radius 2 is 1.64 bits per heavy atom. The molecule has 33 heavy (non-hydrogen) atoms. The van der Waals surface area contributed by atoms with E-state index in [1.165, 1.54) is 43.5 Å². The maximum Gasteiger partial charge on any atom is 0.269 e. The summed E-state index contributed by atoms with van der Waals surface area (Å²) < 4.78 is 32.9. The number of carbonyl (C=O) groups is 1. The summed E-state index contributed by atoms with van der Waals surface area (Å²) in [5, 5.41) is 13.8. The normalized spacial score (nSPS) is 11.9. The third-order valence-electron chi connectivity index (χ3n) is 4.95. The number of nitro benzene ring substituents is 1. The predicted octanol–water partition coefficient (Wildman–Crippen LogP) is 3.68. The summed E-state index contributed by atoms with van der Waals surface area (Å²) in [6, 6.07) is 19.4.